The maximum atomic E-state index is 4.61. The standard InChI is InChI=1S/C30H28N4/c1-33-17-19-34(20-18-33)26-12-9-23(10-13-26)25-11-14-28-27(21-25)29-24(15-16-31-30(29)32-28)8-7-22-5-3-2-4-6-22/h2-16,21H,17-20H2,1H3,(H,31,32)/b8-7+. The maximum Gasteiger partial charge on any atom is 0.138 e. The van der Waals surface area contributed by atoms with Crippen molar-refractivity contribution in [3.05, 3.63) is 96.2 Å². The van der Waals surface area contributed by atoms with Crippen molar-refractivity contribution in [3.8, 4) is 11.1 Å². The molecule has 4 nitrogen and oxygen atoms in total. The molecule has 1 aliphatic heterocycles. The zero-order valence-electron chi connectivity index (χ0n) is 19.4. The van der Waals surface area contributed by atoms with Crippen LogP contribution in [0, 0.1) is 0 Å². The molecule has 168 valence electrons. The summed E-state index contributed by atoms with van der Waals surface area (Å²) < 4.78 is 0. The van der Waals surface area contributed by atoms with Gasteiger partial charge in [-0.1, -0.05) is 60.7 Å². The number of rotatable bonds is 4. The van der Waals surface area contributed by atoms with Crippen LogP contribution in [0.4, 0.5) is 5.69 Å². The lowest BCUT2D eigenvalue weighted by atomic mass is 10.0. The van der Waals surface area contributed by atoms with E-state index in [-0.39, 0.29) is 0 Å². The van der Waals surface area contributed by atoms with Gasteiger partial charge in [-0.2, -0.15) is 0 Å². The molecule has 0 atom stereocenters. The molecule has 6 rings (SSSR count). The van der Waals surface area contributed by atoms with Crippen molar-refractivity contribution in [2.24, 2.45) is 0 Å². The smallest absolute Gasteiger partial charge is 0.138 e. The molecular weight excluding hydrogens is 416 g/mol. The molecule has 0 aliphatic carbocycles. The van der Waals surface area contributed by atoms with E-state index in [4.69, 9.17) is 0 Å². The van der Waals surface area contributed by atoms with Crippen LogP contribution in [-0.4, -0.2) is 48.1 Å². The zero-order valence-corrected chi connectivity index (χ0v) is 19.4. The average Bonchev–Trinajstić information content (AvgIpc) is 3.27. The summed E-state index contributed by atoms with van der Waals surface area (Å²) in [5.41, 5.74) is 8.16. The van der Waals surface area contributed by atoms with E-state index in [0.29, 0.717) is 0 Å². The minimum Gasteiger partial charge on any atom is -0.369 e. The summed E-state index contributed by atoms with van der Waals surface area (Å²) in [6.45, 7) is 4.41. The molecule has 0 saturated carbocycles. The lowest BCUT2D eigenvalue weighted by Crippen LogP contribution is -2.44. The second-order valence-corrected chi connectivity index (χ2v) is 9.09. The lowest BCUT2D eigenvalue weighted by Gasteiger charge is -2.34. The minimum atomic E-state index is 0.924. The first-order chi connectivity index (χ1) is 16.7. The number of anilines is 1. The molecule has 1 aliphatic rings. The van der Waals surface area contributed by atoms with Gasteiger partial charge in [0.15, 0.2) is 0 Å². The highest BCUT2D eigenvalue weighted by Gasteiger charge is 2.14. The third-order valence-corrected chi connectivity index (χ3v) is 6.85. The largest absolute Gasteiger partial charge is 0.369 e. The minimum absolute atomic E-state index is 0.924. The van der Waals surface area contributed by atoms with Crippen LogP contribution in [0.25, 0.3) is 45.2 Å². The van der Waals surface area contributed by atoms with Gasteiger partial charge >= 0.3 is 0 Å². The molecule has 2 aromatic heterocycles. The molecule has 0 amide bonds. The fourth-order valence-electron chi connectivity index (χ4n) is 4.84. The van der Waals surface area contributed by atoms with Gasteiger partial charge in [0.2, 0.25) is 0 Å². The van der Waals surface area contributed by atoms with Crippen LogP contribution in [0.3, 0.4) is 0 Å². The Morgan fingerprint density at radius 1 is 0.794 bits per heavy atom. The quantitative estimate of drug-likeness (QED) is 0.353. The van der Waals surface area contributed by atoms with Gasteiger partial charge in [0, 0.05) is 54.4 Å². The summed E-state index contributed by atoms with van der Waals surface area (Å²) in [6.07, 6.45) is 6.22. The first-order valence-electron chi connectivity index (χ1n) is 11.9. The summed E-state index contributed by atoms with van der Waals surface area (Å²) in [4.78, 5) is 13.0. The Morgan fingerprint density at radius 3 is 2.35 bits per heavy atom. The summed E-state index contributed by atoms with van der Waals surface area (Å²) in [5.74, 6) is 0. The normalized spacial score (nSPS) is 15.0. The third-order valence-electron chi connectivity index (χ3n) is 6.85. The number of pyridine rings is 1. The Hall–Kier alpha value is -3.89. The summed E-state index contributed by atoms with van der Waals surface area (Å²) in [5, 5.41) is 2.37. The van der Waals surface area contributed by atoms with Gasteiger partial charge in [-0.15, -0.1) is 0 Å². The van der Waals surface area contributed by atoms with Crippen molar-refractivity contribution in [2.45, 2.75) is 0 Å². The first kappa shape index (κ1) is 20.7. The first-order valence-corrected chi connectivity index (χ1v) is 11.9. The van der Waals surface area contributed by atoms with E-state index < -0.39 is 0 Å². The van der Waals surface area contributed by atoms with Crippen molar-refractivity contribution in [1.29, 1.82) is 0 Å². The molecular formula is C30H28N4. The van der Waals surface area contributed by atoms with E-state index in [0.717, 1.165) is 37.3 Å². The van der Waals surface area contributed by atoms with Crippen LogP contribution in [-0.2, 0) is 0 Å². The highest BCUT2D eigenvalue weighted by atomic mass is 15.2. The van der Waals surface area contributed by atoms with Crippen LogP contribution in [0.15, 0.2) is 85.1 Å². The Bertz CT molecular complexity index is 1460. The molecule has 5 aromatic rings. The van der Waals surface area contributed by atoms with Gasteiger partial charge in [-0.05, 0) is 59.6 Å². The summed E-state index contributed by atoms with van der Waals surface area (Å²) in [6, 6.07) is 28.2. The van der Waals surface area contributed by atoms with E-state index in [1.807, 2.05) is 12.3 Å². The highest BCUT2D eigenvalue weighted by molar-refractivity contribution is 6.11. The van der Waals surface area contributed by atoms with Gasteiger partial charge in [0.1, 0.15) is 5.65 Å². The zero-order chi connectivity index (χ0) is 22.9. The monoisotopic (exact) mass is 444 g/mol. The van der Waals surface area contributed by atoms with Crippen molar-refractivity contribution >= 4 is 39.8 Å². The predicted molar refractivity (Wildman–Crippen MR) is 144 cm³/mol. The topological polar surface area (TPSA) is 35.2 Å². The molecule has 1 saturated heterocycles. The van der Waals surface area contributed by atoms with Gasteiger partial charge in [0.25, 0.3) is 0 Å². The van der Waals surface area contributed by atoms with Gasteiger partial charge < -0.3 is 14.8 Å². The molecule has 0 unspecified atom stereocenters. The SMILES string of the molecule is CN1CCN(c2ccc(-c3ccc4[nH]c5nccc(/C=C/c6ccccc6)c5c4c3)cc2)CC1. The molecule has 3 heterocycles. The van der Waals surface area contributed by atoms with E-state index in [2.05, 4.69) is 112 Å². The molecule has 3 aromatic carbocycles. The summed E-state index contributed by atoms with van der Waals surface area (Å²) in [7, 11) is 2.19. The van der Waals surface area contributed by atoms with Crippen molar-refractivity contribution in [1.82, 2.24) is 14.9 Å². The Balaban J connectivity index is 1.36. The number of hydrogen-bond acceptors (Lipinski definition) is 3. The number of likely N-dealkylation sites (N-methyl/N-ethyl adjacent to an activating group) is 1. The Kier molecular flexibility index (Phi) is 5.36. The Morgan fingerprint density at radius 2 is 1.56 bits per heavy atom. The second-order valence-electron chi connectivity index (χ2n) is 9.09. The predicted octanol–water partition coefficient (Wildman–Crippen LogP) is 6.31. The van der Waals surface area contributed by atoms with Gasteiger partial charge in [0.05, 0.1) is 0 Å². The maximum absolute atomic E-state index is 4.61. The second kappa shape index (κ2) is 8.81. The number of benzene rings is 3. The number of aromatic nitrogens is 2. The van der Waals surface area contributed by atoms with Crippen LogP contribution in [0.2, 0.25) is 0 Å². The van der Waals surface area contributed by atoms with Crippen molar-refractivity contribution in [2.75, 3.05) is 38.1 Å². The fourth-order valence-corrected chi connectivity index (χ4v) is 4.84. The Labute approximate surface area is 200 Å². The van der Waals surface area contributed by atoms with Crippen LogP contribution in [0.5, 0.6) is 0 Å². The van der Waals surface area contributed by atoms with E-state index in [9.17, 15) is 0 Å². The number of nitrogens with one attached hydrogen (secondary N) is 1. The molecule has 1 N–H and O–H groups in total. The highest BCUT2D eigenvalue weighted by Crippen LogP contribution is 2.32. The number of aromatic amines is 1. The third kappa shape index (κ3) is 3.97. The van der Waals surface area contributed by atoms with Crippen LogP contribution < -0.4 is 4.90 Å². The van der Waals surface area contributed by atoms with E-state index >= 15 is 0 Å². The van der Waals surface area contributed by atoms with E-state index in [1.165, 1.54) is 38.7 Å². The molecule has 0 bridgehead atoms. The van der Waals surface area contributed by atoms with Crippen LogP contribution >= 0.6 is 0 Å². The molecule has 34 heavy (non-hydrogen) atoms. The van der Waals surface area contributed by atoms with Gasteiger partial charge in [-0.3, -0.25) is 0 Å². The molecule has 0 radical (unpaired) electrons. The van der Waals surface area contributed by atoms with Crippen molar-refractivity contribution < 1.29 is 0 Å². The number of nitrogens with zero attached hydrogens (tertiary/aromatic N) is 3. The fraction of sp³-hybridized carbons (Fsp3) is 0.167. The number of fused-ring (bicyclic) bond motifs is 3. The average molecular weight is 445 g/mol. The van der Waals surface area contributed by atoms with Gasteiger partial charge in [-0.25, -0.2) is 4.98 Å². The lowest BCUT2D eigenvalue weighted by molar-refractivity contribution is 0.313. The van der Waals surface area contributed by atoms with E-state index in [1.54, 1.807) is 0 Å². The number of H-pyrrole nitrogens is 1. The molecule has 4 heteroatoms. The van der Waals surface area contributed by atoms with Crippen LogP contribution in [0.1, 0.15) is 11.1 Å². The molecule has 0 spiro atoms. The van der Waals surface area contributed by atoms with Crippen molar-refractivity contribution in [3.63, 3.8) is 0 Å². The summed E-state index contributed by atoms with van der Waals surface area (Å²) >= 11 is 0. The number of hydrogen-bond donors (Lipinski definition) is 1. The molecule has 1 fully saturated rings. The number of piperazine rings is 1.